The van der Waals surface area contributed by atoms with Crippen molar-refractivity contribution in [2.75, 3.05) is 0 Å². The first-order valence-electron chi connectivity index (χ1n) is 4.49. The molecular weight excluding hydrogens is 230 g/mol. The highest BCUT2D eigenvalue weighted by molar-refractivity contribution is 7.80. The summed E-state index contributed by atoms with van der Waals surface area (Å²) in [5.74, 6) is 0. The second-order valence-electron chi connectivity index (χ2n) is 3.91. The molecule has 0 radical (unpaired) electrons. The van der Waals surface area contributed by atoms with Crippen LogP contribution in [0.3, 0.4) is 0 Å². The molecule has 0 aliphatic heterocycles. The van der Waals surface area contributed by atoms with Gasteiger partial charge in [0, 0.05) is 6.42 Å². The number of quaternary nitrogens is 1. The van der Waals surface area contributed by atoms with E-state index in [9.17, 15) is 13.0 Å². The van der Waals surface area contributed by atoms with E-state index >= 15 is 0 Å². The molecule has 5 nitrogen and oxygen atoms in total. The van der Waals surface area contributed by atoms with Gasteiger partial charge in [0.05, 0.1) is 5.60 Å². The predicted octanol–water partition coefficient (Wildman–Crippen LogP) is 1.86. The fraction of sp³-hybridized carbons (Fsp3) is 0.400. The second-order valence-corrected chi connectivity index (χ2v) is 4.90. The number of hydrogen-bond acceptors (Lipinski definition) is 4. The highest BCUT2D eigenvalue weighted by Crippen LogP contribution is 2.18. The van der Waals surface area contributed by atoms with Crippen LogP contribution in [0, 0.1) is 0 Å². The third kappa shape index (κ3) is 5.82. The molecule has 0 saturated carbocycles. The van der Waals surface area contributed by atoms with Crippen LogP contribution in [0.1, 0.15) is 19.4 Å². The summed E-state index contributed by atoms with van der Waals surface area (Å²) in [4.78, 5) is 0. The SMILES string of the molecule is CC(C)(Cc1ccccc1)OS(=O)(=O)[O-].[NH4+]. The molecule has 1 rings (SSSR count). The van der Waals surface area contributed by atoms with E-state index in [4.69, 9.17) is 0 Å². The first-order chi connectivity index (χ1) is 6.79. The standard InChI is InChI=1S/C10H14O4S.H3N/c1-10(2,14-15(11,12)13)8-9-6-4-3-5-7-9;/h3-7H,8H2,1-2H3,(H,11,12,13);1H3. The molecule has 0 bridgehead atoms. The Hall–Kier alpha value is -0.950. The molecule has 0 fully saturated rings. The fourth-order valence-electron chi connectivity index (χ4n) is 1.39. The summed E-state index contributed by atoms with van der Waals surface area (Å²) in [5.41, 5.74) is -0.0896. The number of benzene rings is 1. The number of hydrogen-bond donors (Lipinski definition) is 1. The van der Waals surface area contributed by atoms with Crippen LogP contribution in [0.25, 0.3) is 0 Å². The van der Waals surface area contributed by atoms with Gasteiger partial charge < -0.3 is 10.7 Å². The van der Waals surface area contributed by atoms with Crippen molar-refractivity contribution in [1.29, 1.82) is 0 Å². The summed E-state index contributed by atoms with van der Waals surface area (Å²) >= 11 is 0. The zero-order chi connectivity index (χ0) is 11.5. The quantitative estimate of drug-likeness (QED) is 0.647. The molecule has 0 aromatic heterocycles. The van der Waals surface area contributed by atoms with Crippen molar-refractivity contribution in [3.8, 4) is 0 Å². The molecule has 4 N–H and O–H groups in total. The van der Waals surface area contributed by atoms with Crippen LogP contribution >= 0.6 is 0 Å². The smallest absolute Gasteiger partial charge is 0.218 e. The number of rotatable bonds is 4. The van der Waals surface area contributed by atoms with E-state index in [-0.39, 0.29) is 6.15 Å². The minimum absolute atomic E-state index is 0. The Morgan fingerprint density at radius 1 is 1.25 bits per heavy atom. The zero-order valence-corrected chi connectivity index (χ0v) is 10.5. The van der Waals surface area contributed by atoms with Gasteiger partial charge in [0.15, 0.2) is 0 Å². The predicted molar refractivity (Wildman–Crippen MR) is 61.0 cm³/mol. The van der Waals surface area contributed by atoms with E-state index in [1.165, 1.54) is 0 Å². The van der Waals surface area contributed by atoms with Crippen LogP contribution in [0.2, 0.25) is 0 Å². The summed E-state index contributed by atoms with van der Waals surface area (Å²) in [6.07, 6.45) is 0.370. The Morgan fingerprint density at radius 3 is 2.19 bits per heavy atom. The van der Waals surface area contributed by atoms with Gasteiger partial charge in [-0.1, -0.05) is 30.3 Å². The average Bonchev–Trinajstić information content (AvgIpc) is 1.99. The topological polar surface area (TPSA) is 103 Å². The summed E-state index contributed by atoms with van der Waals surface area (Å²) in [7, 11) is -4.65. The molecule has 0 atom stereocenters. The van der Waals surface area contributed by atoms with Crippen molar-refractivity contribution < 1.29 is 17.2 Å². The Bertz CT molecular complexity index is 414. The molecule has 0 saturated heterocycles. The Kier molecular flexibility index (Phi) is 5.08. The lowest BCUT2D eigenvalue weighted by Gasteiger charge is -2.26. The van der Waals surface area contributed by atoms with Gasteiger partial charge >= 0.3 is 0 Å². The van der Waals surface area contributed by atoms with Crippen LogP contribution in [0.4, 0.5) is 0 Å². The van der Waals surface area contributed by atoms with Gasteiger partial charge in [-0.3, -0.25) is 4.18 Å². The normalized spacial score (nSPS) is 11.9. The molecule has 92 valence electrons. The maximum Gasteiger partial charge on any atom is 0.218 e. The molecule has 16 heavy (non-hydrogen) atoms. The van der Waals surface area contributed by atoms with Crippen molar-refractivity contribution in [2.45, 2.75) is 25.9 Å². The van der Waals surface area contributed by atoms with Crippen LogP contribution in [0.15, 0.2) is 30.3 Å². The van der Waals surface area contributed by atoms with Crippen LogP contribution in [-0.2, 0) is 21.0 Å². The molecule has 6 heteroatoms. The fourth-order valence-corrected chi connectivity index (χ4v) is 2.00. The third-order valence-electron chi connectivity index (χ3n) is 1.80. The van der Waals surface area contributed by atoms with Gasteiger partial charge in [-0.25, -0.2) is 8.42 Å². The maximum atomic E-state index is 10.5. The molecule has 0 amide bonds. The molecule has 0 unspecified atom stereocenters. The Labute approximate surface area is 96.0 Å². The summed E-state index contributed by atoms with van der Waals surface area (Å²) < 4.78 is 35.8. The molecule has 1 aromatic rings. The van der Waals surface area contributed by atoms with E-state index in [2.05, 4.69) is 4.18 Å². The van der Waals surface area contributed by atoms with Crippen molar-refractivity contribution in [3.63, 3.8) is 0 Å². The Balaban J connectivity index is 0.00000225. The van der Waals surface area contributed by atoms with Crippen molar-refractivity contribution >= 4 is 10.4 Å². The molecule has 1 aromatic carbocycles. The lowest BCUT2D eigenvalue weighted by atomic mass is 9.99. The van der Waals surface area contributed by atoms with Crippen LogP contribution < -0.4 is 6.15 Å². The van der Waals surface area contributed by atoms with Crippen molar-refractivity contribution in [2.24, 2.45) is 0 Å². The first kappa shape index (κ1) is 15.0. The summed E-state index contributed by atoms with van der Waals surface area (Å²) in [6.45, 7) is 3.13. The molecule has 0 aliphatic rings. The van der Waals surface area contributed by atoms with Gasteiger partial charge in [-0.05, 0) is 19.4 Å². The molecule has 0 aliphatic carbocycles. The summed E-state index contributed by atoms with van der Waals surface area (Å²) in [5, 5.41) is 0. The highest BCUT2D eigenvalue weighted by Gasteiger charge is 2.22. The minimum atomic E-state index is -4.65. The molecule has 0 heterocycles. The van der Waals surface area contributed by atoms with Gasteiger partial charge in [0.2, 0.25) is 10.4 Å². The monoisotopic (exact) mass is 247 g/mol. The van der Waals surface area contributed by atoms with E-state index in [1.807, 2.05) is 30.3 Å². The highest BCUT2D eigenvalue weighted by atomic mass is 32.3. The van der Waals surface area contributed by atoms with E-state index in [0.717, 1.165) is 5.56 Å². The van der Waals surface area contributed by atoms with Crippen LogP contribution in [-0.4, -0.2) is 18.6 Å². The minimum Gasteiger partial charge on any atom is -0.726 e. The first-order valence-corrected chi connectivity index (χ1v) is 5.82. The van der Waals surface area contributed by atoms with E-state index < -0.39 is 16.0 Å². The van der Waals surface area contributed by atoms with E-state index in [1.54, 1.807) is 13.8 Å². The van der Waals surface area contributed by atoms with Gasteiger partial charge in [0.25, 0.3) is 0 Å². The second kappa shape index (κ2) is 5.40. The average molecular weight is 247 g/mol. The van der Waals surface area contributed by atoms with Crippen LogP contribution in [0.5, 0.6) is 0 Å². The van der Waals surface area contributed by atoms with E-state index in [0.29, 0.717) is 6.42 Å². The molecular formula is C10H17NO4S. The zero-order valence-electron chi connectivity index (χ0n) is 9.64. The van der Waals surface area contributed by atoms with Gasteiger partial charge in [-0.15, -0.1) is 0 Å². The van der Waals surface area contributed by atoms with Gasteiger partial charge in [0.1, 0.15) is 0 Å². The lowest BCUT2D eigenvalue weighted by Crippen LogP contribution is -2.30. The third-order valence-corrected chi connectivity index (χ3v) is 2.46. The van der Waals surface area contributed by atoms with Crippen molar-refractivity contribution in [3.05, 3.63) is 35.9 Å². The Morgan fingerprint density at radius 2 is 1.75 bits per heavy atom. The largest absolute Gasteiger partial charge is 0.726 e. The molecule has 0 spiro atoms. The summed E-state index contributed by atoms with van der Waals surface area (Å²) in [6, 6.07) is 9.25. The van der Waals surface area contributed by atoms with Crippen molar-refractivity contribution in [1.82, 2.24) is 6.15 Å². The lowest BCUT2D eigenvalue weighted by molar-refractivity contribution is 0.0979. The maximum absolute atomic E-state index is 10.5. The van der Waals surface area contributed by atoms with Gasteiger partial charge in [-0.2, -0.15) is 0 Å².